The van der Waals surface area contributed by atoms with Crippen LogP contribution in [0, 0.1) is 0 Å². The Hall–Kier alpha value is -2.67. The molecule has 1 aromatic carbocycles. The predicted octanol–water partition coefficient (Wildman–Crippen LogP) is 1.76. The first-order valence-corrected chi connectivity index (χ1v) is 8.56. The van der Waals surface area contributed by atoms with E-state index in [0.717, 1.165) is 28.6 Å². The highest BCUT2D eigenvalue weighted by molar-refractivity contribution is 6.06. The summed E-state index contributed by atoms with van der Waals surface area (Å²) in [5.41, 5.74) is 2.80. The van der Waals surface area contributed by atoms with Crippen LogP contribution in [0.3, 0.4) is 0 Å². The molecule has 1 fully saturated rings. The Balaban J connectivity index is 1.47. The highest BCUT2D eigenvalue weighted by Gasteiger charge is 2.38. The number of likely N-dealkylation sites (tertiary alicyclic amines) is 1. The summed E-state index contributed by atoms with van der Waals surface area (Å²) in [5, 5.41) is 9.20. The fourth-order valence-electron chi connectivity index (χ4n) is 4.02. The lowest BCUT2D eigenvalue weighted by Crippen LogP contribution is -2.49. The van der Waals surface area contributed by atoms with Gasteiger partial charge in [0.25, 0.3) is 5.91 Å². The molecule has 3 aromatic rings. The summed E-state index contributed by atoms with van der Waals surface area (Å²) in [7, 11) is 1.99. The SMILES string of the molecule is Cn1ccc2c(C(=O)N3CC[C@H]4OCc5cnnn5[C@@H]4C3)cccc21. The molecule has 2 aliphatic rings. The molecule has 0 bridgehead atoms. The molecule has 5 rings (SSSR count). The molecule has 0 unspecified atom stereocenters. The van der Waals surface area contributed by atoms with E-state index in [0.29, 0.717) is 19.7 Å². The van der Waals surface area contributed by atoms with E-state index in [1.807, 2.05) is 51.7 Å². The van der Waals surface area contributed by atoms with Crippen molar-refractivity contribution in [3.8, 4) is 0 Å². The third kappa shape index (κ3) is 2.19. The summed E-state index contributed by atoms with van der Waals surface area (Å²) in [5.74, 6) is 0.0717. The maximum atomic E-state index is 13.2. The number of hydrogen-bond donors (Lipinski definition) is 0. The number of carbonyl (C=O) groups is 1. The lowest BCUT2D eigenvalue weighted by Gasteiger charge is -2.41. The molecule has 1 saturated heterocycles. The number of piperidine rings is 1. The van der Waals surface area contributed by atoms with E-state index < -0.39 is 0 Å². The van der Waals surface area contributed by atoms with Gasteiger partial charge >= 0.3 is 0 Å². The Labute approximate surface area is 144 Å². The van der Waals surface area contributed by atoms with Crippen LogP contribution in [-0.2, 0) is 18.4 Å². The Morgan fingerprint density at radius 2 is 2.24 bits per heavy atom. The molecule has 4 heterocycles. The Bertz CT molecular complexity index is 959. The topological polar surface area (TPSA) is 65.2 Å². The lowest BCUT2D eigenvalue weighted by molar-refractivity contribution is -0.0604. The van der Waals surface area contributed by atoms with Gasteiger partial charge in [0.15, 0.2) is 0 Å². The van der Waals surface area contributed by atoms with E-state index in [1.54, 1.807) is 6.20 Å². The number of fused-ring (bicyclic) bond motifs is 4. The highest BCUT2D eigenvalue weighted by Crippen LogP contribution is 2.31. The molecular formula is C18H19N5O2. The van der Waals surface area contributed by atoms with Gasteiger partial charge in [0.05, 0.1) is 30.6 Å². The van der Waals surface area contributed by atoms with Gasteiger partial charge in [-0.3, -0.25) is 4.79 Å². The summed E-state index contributed by atoms with van der Waals surface area (Å²) < 4.78 is 9.90. The first kappa shape index (κ1) is 14.7. The first-order chi connectivity index (χ1) is 12.2. The molecular weight excluding hydrogens is 318 g/mol. The number of benzene rings is 1. The lowest BCUT2D eigenvalue weighted by atomic mass is 9.99. The third-order valence-electron chi connectivity index (χ3n) is 5.37. The van der Waals surface area contributed by atoms with Gasteiger partial charge in [0.1, 0.15) is 0 Å². The molecule has 2 atom stereocenters. The Morgan fingerprint density at radius 1 is 1.32 bits per heavy atom. The summed E-state index contributed by atoms with van der Waals surface area (Å²) in [6, 6.07) is 7.94. The molecule has 7 heteroatoms. The molecule has 128 valence electrons. The first-order valence-electron chi connectivity index (χ1n) is 8.56. The minimum Gasteiger partial charge on any atom is -0.370 e. The largest absolute Gasteiger partial charge is 0.370 e. The van der Waals surface area contributed by atoms with Crippen LogP contribution in [-0.4, -0.2) is 49.6 Å². The van der Waals surface area contributed by atoms with Crippen molar-refractivity contribution in [2.45, 2.75) is 25.2 Å². The number of aryl methyl sites for hydroxylation is 1. The van der Waals surface area contributed by atoms with Crippen molar-refractivity contribution in [3.05, 3.63) is 47.9 Å². The number of hydrogen-bond acceptors (Lipinski definition) is 4. The number of aromatic nitrogens is 4. The van der Waals surface area contributed by atoms with Gasteiger partial charge in [0.2, 0.25) is 0 Å². The van der Waals surface area contributed by atoms with E-state index in [2.05, 4.69) is 10.3 Å². The maximum absolute atomic E-state index is 13.2. The van der Waals surface area contributed by atoms with Crippen molar-refractivity contribution in [2.24, 2.45) is 7.05 Å². The van der Waals surface area contributed by atoms with Crippen LogP contribution in [0.25, 0.3) is 10.9 Å². The summed E-state index contributed by atoms with van der Waals surface area (Å²) in [6.45, 7) is 1.85. The van der Waals surface area contributed by atoms with Gasteiger partial charge in [-0.2, -0.15) is 0 Å². The predicted molar refractivity (Wildman–Crippen MR) is 91.1 cm³/mol. The van der Waals surface area contributed by atoms with Crippen molar-refractivity contribution >= 4 is 16.8 Å². The third-order valence-corrected chi connectivity index (χ3v) is 5.37. The summed E-state index contributed by atoms with van der Waals surface area (Å²) in [6.07, 6.45) is 4.65. The van der Waals surface area contributed by atoms with Crippen molar-refractivity contribution in [2.75, 3.05) is 13.1 Å². The zero-order valence-electron chi connectivity index (χ0n) is 14.0. The number of carbonyl (C=O) groups excluding carboxylic acids is 1. The van der Waals surface area contributed by atoms with Crippen molar-refractivity contribution in [1.82, 2.24) is 24.5 Å². The zero-order valence-corrected chi connectivity index (χ0v) is 14.0. The second kappa shape index (κ2) is 5.42. The minimum absolute atomic E-state index is 0.0407. The molecule has 0 saturated carbocycles. The standard InChI is InChI=1S/C18H19N5O2/c1-21-7-5-13-14(3-2-4-15(13)21)18(24)22-8-6-17-16(10-22)23-12(11-25-17)9-19-20-23/h2-5,7,9,16-17H,6,8,10-11H2,1H3/t16-,17-/m1/s1. The highest BCUT2D eigenvalue weighted by atomic mass is 16.5. The van der Waals surface area contributed by atoms with Gasteiger partial charge in [0, 0.05) is 42.8 Å². The average molecular weight is 337 g/mol. The van der Waals surface area contributed by atoms with Crippen LogP contribution in [0.5, 0.6) is 0 Å². The van der Waals surface area contributed by atoms with Gasteiger partial charge < -0.3 is 14.2 Å². The van der Waals surface area contributed by atoms with E-state index in [-0.39, 0.29) is 18.1 Å². The average Bonchev–Trinajstić information content (AvgIpc) is 3.27. The van der Waals surface area contributed by atoms with E-state index >= 15 is 0 Å². The Morgan fingerprint density at radius 3 is 3.16 bits per heavy atom. The molecule has 0 N–H and O–H groups in total. The molecule has 2 aromatic heterocycles. The molecule has 2 aliphatic heterocycles. The molecule has 1 amide bonds. The van der Waals surface area contributed by atoms with Gasteiger partial charge in [-0.05, 0) is 24.6 Å². The van der Waals surface area contributed by atoms with Crippen LogP contribution in [0.15, 0.2) is 36.7 Å². The van der Waals surface area contributed by atoms with E-state index in [4.69, 9.17) is 4.74 Å². The van der Waals surface area contributed by atoms with Crippen molar-refractivity contribution < 1.29 is 9.53 Å². The van der Waals surface area contributed by atoms with Crippen molar-refractivity contribution in [3.63, 3.8) is 0 Å². The summed E-state index contributed by atoms with van der Waals surface area (Å²) >= 11 is 0. The smallest absolute Gasteiger partial charge is 0.254 e. The zero-order chi connectivity index (χ0) is 17.0. The van der Waals surface area contributed by atoms with Crippen LogP contribution in [0.1, 0.15) is 28.5 Å². The molecule has 7 nitrogen and oxygen atoms in total. The van der Waals surface area contributed by atoms with Gasteiger partial charge in [-0.1, -0.05) is 11.3 Å². The number of ether oxygens (including phenoxy) is 1. The fourth-order valence-corrected chi connectivity index (χ4v) is 4.02. The van der Waals surface area contributed by atoms with Gasteiger partial charge in [-0.25, -0.2) is 4.68 Å². The fraction of sp³-hybridized carbons (Fsp3) is 0.389. The van der Waals surface area contributed by atoms with Crippen LogP contribution in [0.4, 0.5) is 0 Å². The van der Waals surface area contributed by atoms with Crippen LogP contribution >= 0.6 is 0 Å². The molecule has 0 aliphatic carbocycles. The van der Waals surface area contributed by atoms with Crippen molar-refractivity contribution in [1.29, 1.82) is 0 Å². The van der Waals surface area contributed by atoms with Crippen LogP contribution < -0.4 is 0 Å². The van der Waals surface area contributed by atoms with Crippen LogP contribution in [0.2, 0.25) is 0 Å². The molecule has 0 spiro atoms. The maximum Gasteiger partial charge on any atom is 0.254 e. The second-order valence-corrected chi connectivity index (χ2v) is 6.79. The number of rotatable bonds is 1. The summed E-state index contributed by atoms with van der Waals surface area (Å²) in [4.78, 5) is 15.1. The van der Waals surface area contributed by atoms with Gasteiger partial charge in [-0.15, -0.1) is 5.10 Å². The monoisotopic (exact) mass is 337 g/mol. The molecule has 25 heavy (non-hydrogen) atoms. The Kier molecular flexibility index (Phi) is 3.18. The second-order valence-electron chi connectivity index (χ2n) is 6.79. The quantitative estimate of drug-likeness (QED) is 0.679. The molecule has 0 radical (unpaired) electrons. The van der Waals surface area contributed by atoms with E-state index in [1.165, 1.54) is 0 Å². The normalized spacial score (nSPS) is 22.7. The number of amides is 1. The minimum atomic E-state index is 0.0407. The van der Waals surface area contributed by atoms with E-state index in [9.17, 15) is 4.79 Å². The number of nitrogens with zero attached hydrogens (tertiary/aromatic N) is 5.